The van der Waals surface area contributed by atoms with E-state index in [9.17, 15) is 26.7 Å². The third-order valence-corrected chi connectivity index (χ3v) is 11.6. The SMILES string of the molecule is COc1ccc2c3c([nH]c2c1)C(CO)N(Cc1ccccc1C(F)(F)F)CC31CCN(S(=O)(=O)C2CCC2)CC1. The lowest BCUT2D eigenvalue weighted by Gasteiger charge is -2.50. The van der Waals surface area contributed by atoms with Gasteiger partial charge in [0.1, 0.15) is 5.75 Å². The van der Waals surface area contributed by atoms with Crippen LogP contribution in [0.3, 0.4) is 0 Å². The van der Waals surface area contributed by atoms with Gasteiger partial charge in [0.15, 0.2) is 0 Å². The molecule has 40 heavy (non-hydrogen) atoms. The number of ether oxygens (including phenoxy) is 1. The Kier molecular flexibility index (Phi) is 6.92. The second-order valence-corrected chi connectivity index (χ2v) is 13.6. The summed E-state index contributed by atoms with van der Waals surface area (Å²) in [4.78, 5) is 5.39. The smallest absolute Gasteiger partial charge is 0.416 e. The molecule has 7 nitrogen and oxygen atoms in total. The molecule has 3 heterocycles. The van der Waals surface area contributed by atoms with Crippen molar-refractivity contribution < 1.29 is 31.4 Å². The minimum atomic E-state index is -4.50. The van der Waals surface area contributed by atoms with Crippen LogP contribution in [-0.2, 0) is 28.2 Å². The first-order chi connectivity index (χ1) is 19.1. The lowest BCUT2D eigenvalue weighted by atomic mass is 9.68. The summed E-state index contributed by atoms with van der Waals surface area (Å²) >= 11 is 0. The molecule has 1 unspecified atom stereocenters. The molecular formula is C29H34F3N3O4S. The number of halogens is 3. The average Bonchev–Trinajstić information content (AvgIpc) is 3.27. The van der Waals surface area contributed by atoms with Gasteiger partial charge >= 0.3 is 6.18 Å². The largest absolute Gasteiger partial charge is 0.497 e. The number of sulfonamides is 1. The van der Waals surface area contributed by atoms with Crippen LogP contribution in [0.15, 0.2) is 42.5 Å². The summed E-state index contributed by atoms with van der Waals surface area (Å²) in [6.07, 6.45) is -1.09. The van der Waals surface area contributed by atoms with Gasteiger partial charge in [-0.3, -0.25) is 4.90 Å². The number of rotatable bonds is 6. The van der Waals surface area contributed by atoms with E-state index in [1.165, 1.54) is 12.1 Å². The second-order valence-electron chi connectivity index (χ2n) is 11.4. The number of nitrogens with zero attached hydrogens (tertiary/aromatic N) is 2. The number of alkyl halides is 3. The first kappa shape index (κ1) is 27.6. The Hall–Kier alpha value is -2.60. The summed E-state index contributed by atoms with van der Waals surface area (Å²) in [5, 5.41) is 11.2. The third kappa shape index (κ3) is 4.51. The molecule has 11 heteroatoms. The number of aliphatic hydroxyl groups is 1. The molecule has 0 bridgehead atoms. The van der Waals surface area contributed by atoms with Gasteiger partial charge in [0.05, 0.1) is 30.6 Å². The average molecular weight is 578 g/mol. The zero-order valence-corrected chi connectivity index (χ0v) is 23.2. The van der Waals surface area contributed by atoms with E-state index in [0.717, 1.165) is 34.6 Å². The van der Waals surface area contributed by atoms with Crippen molar-refractivity contribution in [3.05, 3.63) is 64.8 Å². The van der Waals surface area contributed by atoms with E-state index < -0.39 is 33.2 Å². The van der Waals surface area contributed by atoms with Crippen molar-refractivity contribution in [2.45, 2.75) is 61.5 Å². The van der Waals surface area contributed by atoms with Crippen LogP contribution in [0.4, 0.5) is 13.2 Å². The molecule has 1 aliphatic carbocycles. The van der Waals surface area contributed by atoms with E-state index in [1.54, 1.807) is 17.5 Å². The number of aliphatic hydroxyl groups excluding tert-OH is 1. The number of H-pyrrole nitrogens is 1. The molecule has 1 saturated carbocycles. The predicted molar refractivity (Wildman–Crippen MR) is 146 cm³/mol. The van der Waals surface area contributed by atoms with Gasteiger partial charge in [-0.25, -0.2) is 12.7 Å². The fraction of sp³-hybridized carbons (Fsp3) is 0.517. The quantitative estimate of drug-likeness (QED) is 0.433. The summed E-state index contributed by atoms with van der Waals surface area (Å²) in [5.41, 5.74) is 1.60. The monoisotopic (exact) mass is 577 g/mol. The molecule has 2 aliphatic heterocycles. The van der Waals surface area contributed by atoms with Crippen molar-refractivity contribution in [1.82, 2.24) is 14.2 Å². The highest BCUT2D eigenvalue weighted by Crippen LogP contribution is 2.50. The normalized spacial score (nSPS) is 22.4. The Morgan fingerprint density at radius 1 is 1.12 bits per heavy atom. The van der Waals surface area contributed by atoms with Crippen molar-refractivity contribution in [3.8, 4) is 5.75 Å². The van der Waals surface area contributed by atoms with E-state index in [1.807, 2.05) is 23.1 Å². The predicted octanol–water partition coefficient (Wildman–Crippen LogP) is 4.96. The van der Waals surface area contributed by atoms with E-state index >= 15 is 0 Å². The number of nitrogens with one attached hydrogen (secondary N) is 1. The maximum Gasteiger partial charge on any atom is 0.416 e. The molecule has 216 valence electrons. The van der Waals surface area contributed by atoms with Gasteiger partial charge in [-0.05, 0) is 55.0 Å². The standard InChI is InChI=1S/C29H34F3N3O4S/c1-39-20-9-10-22-24(15-20)33-27-25(17-36)34(16-19-5-2-3-8-23(19)29(30,31)32)18-28(26(22)27)11-13-35(14-12-28)40(37,38)21-6-4-7-21/h2-3,5,8-10,15,21,25,33,36H,4,6-7,11-14,16-18H2,1H3. The second kappa shape index (κ2) is 10.0. The number of aromatic nitrogens is 1. The molecule has 1 atom stereocenters. The first-order valence-electron chi connectivity index (χ1n) is 13.8. The Labute approximate surface area is 232 Å². The molecule has 2 fully saturated rings. The number of aromatic amines is 1. The number of benzene rings is 2. The number of piperidine rings is 1. The highest BCUT2D eigenvalue weighted by molar-refractivity contribution is 7.89. The lowest BCUT2D eigenvalue weighted by Crippen LogP contribution is -2.55. The lowest BCUT2D eigenvalue weighted by molar-refractivity contribution is -0.138. The van der Waals surface area contributed by atoms with Crippen molar-refractivity contribution in [1.29, 1.82) is 0 Å². The maximum atomic E-state index is 13.9. The highest BCUT2D eigenvalue weighted by atomic mass is 32.2. The van der Waals surface area contributed by atoms with Crippen LogP contribution in [0.2, 0.25) is 0 Å². The van der Waals surface area contributed by atoms with Crippen LogP contribution in [0, 0.1) is 0 Å². The Balaban J connectivity index is 1.42. The van der Waals surface area contributed by atoms with Gasteiger partial charge in [0.25, 0.3) is 0 Å². The van der Waals surface area contributed by atoms with Crippen LogP contribution in [-0.4, -0.2) is 66.3 Å². The topological polar surface area (TPSA) is 85.9 Å². The van der Waals surface area contributed by atoms with Crippen molar-refractivity contribution in [2.75, 3.05) is 33.4 Å². The summed E-state index contributed by atoms with van der Waals surface area (Å²) in [6, 6.07) is 10.8. The first-order valence-corrected chi connectivity index (χ1v) is 15.3. The molecule has 6 rings (SSSR count). The minimum Gasteiger partial charge on any atom is -0.497 e. The fourth-order valence-corrected chi connectivity index (χ4v) is 8.93. The zero-order chi connectivity index (χ0) is 28.3. The number of methoxy groups -OCH3 is 1. The van der Waals surface area contributed by atoms with Crippen molar-refractivity contribution in [3.63, 3.8) is 0 Å². The number of hydrogen-bond acceptors (Lipinski definition) is 5. The molecule has 1 aromatic heterocycles. The summed E-state index contributed by atoms with van der Waals surface area (Å²) < 4.78 is 75.1. The molecule has 1 spiro atoms. The molecule has 2 N–H and O–H groups in total. The van der Waals surface area contributed by atoms with Gasteiger partial charge in [-0.15, -0.1) is 0 Å². The summed E-state index contributed by atoms with van der Waals surface area (Å²) in [6.45, 7) is 0.859. The highest BCUT2D eigenvalue weighted by Gasteiger charge is 2.50. The zero-order valence-electron chi connectivity index (χ0n) is 22.4. The fourth-order valence-electron chi connectivity index (χ4n) is 6.89. The number of hydrogen-bond donors (Lipinski definition) is 2. The molecule has 3 aromatic rings. The van der Waals surface area contributed by atoms with Crippen LogP contribution in [0.5, 0.6) is 5.75 Å². The molecule has 0 amide bonds. The Morgan fingerprint density at radius 2 is 1.85 bits per heavy atom. The third-order valence-electron chi connectivity index (χ3n) is 9.23. The molecule has 0 radical (unpaired) electrons. The van der Waals surface area contributed by atoms with E-state index in [0.29, 0.717) is 51.1 Å². The van der Waals surface area contributed by atoms with E-state index in [2.05, 4.69) is 4.98 Å². The van der Waals surface area contributed by atoms with Gasteiger partial charge in [-0.2, -0.15) is 13.2 Å². The van der Waals surface area contributed by atoms with Gasteiger partial charge < -0.3 is 14.8 Å². The van der Waals surface area contributed by atoms with Gasteiger partial charge in [-0.1, -0.05) is 24.6 Å². The minimum absolute atomic E-state index is 0.00483. The maximum absolute atomic E-state index is 13.9. The van der Waals surface area contributed by atoms with Gasteiger partial charge in [0.2, 0.25) is 10.0 Å². The molecular weight excluding hydrogens is 543 g/mol. The van der Waals surface area contributed by atoms with Crippen molar-refractivity contribution in [2.24, 2.45) is 0 Å². The van der Waals surface area contributed by atoms with E-state index in [-0.39, 0.29) is 24.0 Å². The van der Waals surface area contributed by atoms with Crippen LogP contribution in [0.25, 0.3) is 10.9 Å². The van der Waals surface area contributed by atoms with Crippen molar-refractivity contribution >= 4 is 20.9 Å². The van der Waals surface area contributed by atoms with E-state index in [4.69, 9.17) is 4.74 Å². The molecule has 2 aromatic carbocycles. The molecule has 1 saturated heterocycles. The van der Waals surface area contributed by atoms with Crippen LogP contribution in [0.1, 0.15) is 60.5 Å². The Bertz CT molecular complexity index is 1510. The van der Waals surface area contributed by atoms with Crippen LogP contribution < -0.4 is 4.74 Å². The Morgan fingerprint density at radius 3 is 2.48 bits per heavy atom. The molecule has 3 aliphatic rings. The number of fused-ring (bicyclic) bond motifs is 4. The summed E-state index contributed by atoms with van der Waals surface area (Å²) in [7, 11) is -1.78. The summed E-state index contributed by atoms with van der Waals surface area (Å²) in [5.74, 6) is 0.665. The van der Waals surface area contributed by atoms with Crippen LogP contribution >= 0.6 is 0 Å². The van der Waals surface area contributed by atoms with Gasteiger partial charge in [0, 0.05) is 54.3 Å².